The Bertz CT molecular complexity index is 538. The monoisotopic (exact) mass is 244 g/mol. The molecule has 0 spiro atoms. The van der Waals surface area contributed by atoms with Crippen LogP contribution in [-0.4, -0.2) is 20.6 Å². The number of pyridine rings is 1. The van der Waals surface area contributed by atoms with Gasteiger partial charge in [0.25, 0.3) is 0 Å². The Balaban J connectivity index is 2.00. The number of hydrogen-bond donors (Lipinski definition) is 1. The number of fused-ring (bicyclic) bond motifs is 1. The van der Waals surface area contributed by atoms with E-state index in [1.165, 1.54) is 5.82 Å². The van der Waals surface area contributed by atoms with Crippen molar-refractivity contribution in [2.24, 2.45) is 5.73 Å². The number of nitrogens with zero attached hydrogens (tertiary/aromatic N) is 3. The lowest BCUT2D eigenvalue weighted by Crippen LogP contribution is -2.26. The highest BCUT2D eigenvalue weighted by atomic mass is 15.1. The predicted molar refractivity (Wildman–Crippen MR) is 72.4 cm³/mol. The SMILES string of the molecule is CCn1c(C2CCC(N)CC2)nc2cccnc21. The molecule has 2 aromatic heterocycles. The van der Waals surface area contributed by atoms with Crippen LogP contribution < -0.4 is 5.73 Å². The minimum absolute atomic E-state index is 0.388. The molecule has 0 unspecified atom stereocenters. The van der Waals surface area contributed by atoms with Crippen molar-refractivity contribution in [3.8, 4) is 0 Å². The maximum atomic E-state index is 5.98. The summed E-state index contributed by atoms with van der Waals surface area (Å²) in [6.45, 7) is 3.10. The maximum absolute atomic E-state index is 5.98. The van der Waals surface area contributed by atoms with Crippen LogP contribution >= 0.6 is 0 Å². The van der Waals surface area contributed by atoms with Crippen LogP contribution in [0.4, 0.5) is 0 Å². The average Bonchev–Trinajstić information content (AvgIpc) is 2.78. The van der Waals surface area contributed by atoms with Gasteiger partial charge in [-0.1, -0.05) is 0 Å². The van der Waals surface area contributed by atoms with Gasteiger partial charge in [0.05, 0.1) is 0 Å². The van der Waals surface area contributed by atoms with Crippen molar-refractivity contribution in [3.05, 3.63) is 24.2 Å². The number of nitrogens with two attached hydrogens (primary N) is 1. The fraction of sp³-hybridized carbons (Fsp3) is 0.571. The molecule has 0 aliphatic heterocycles. The van der Waals surface area contributed by atoms with Crippen molar-refractivity contribution in [1.82, 2.24) is 14.5 Å². The fourth-order valence-electron chi connectivity index (χ4n) is 2.98. The van der Waals surface area contributed by atoms with Crippen LogP contribution in [0.5, 0.6) is 0 Å². The van der Waals surface area contributed by atoms with Gasteiger partial charge >= 0.3 is 0 Å². The second kappa shape index (κ2) is 4.69. The zero-order valence-corrected chi connectivity index (χ0v) is 10.8. The molecular weight excluding hydrogens is 224 g/mol. The van der Waals surface area contributed by atoms with Gasteiger partial charge in [-0.05, 0) is 44.7 Å². The van der Waals surface area contributed by atoms with Gasteiger partial charge < -0.3 is 10.3 Å². The summed E-state index contributed by atoms with van der Waals surface area (Å²) in [6, 6.07) is 4.39. The zero-order valence-electron chi connectivity index (χ0n) is 10.8. The fourth-order valence-corrected chi connectivity index (χ4v) is 2.98. The second-order valence-corrected chi connectivity index (χ2v) is 5.17. The smallest absolute Gasteiger partial charge is 0.159 e. The van der Waals surface area contributed by atoms with Crippen LogP contribution in [0.3, 0.4) is 0 Å². The molecule has 2 aromatic rings. The van der Waals surface area contributed by atoms with E-state index >= 15 is 0 Å². The molecular formula is C14H20N4. The number of aromatic nitrogens is 3. The maximum Gasteiger partial charge on any atom is 0.159 e. The molecule has 0 aromatic carbocycles. The van der Waals surface area contributed by atoms with Gasteiger partial charge in [-0.3, -0.25) is 0 Å². The summed E-state index contributed by atoms with van der Waals surface area (Å²) < 4.78 is 2.26. The molecule has 3 rings (SSSR count). The zero-order chi connectivity index (χ0) is 12.5. The topological polar surface area (TPSA) is 56.7 Å². The normalized spacial score (nSPS) is 24.6. The highest BCUT2D eigenvalue weighted by Crippen LogP contribution is 2.33. The lowest BCUT2D eigenvalue weighted by molar-refractivity contribution is 0.378. The van der Waals surface area contributed by atoms with Crippen molar-refractivity contribution in [3.63, 3.8) is 0 Å². The molecule has 18 heavy (non-hydrogen) atoms. The average molecular weight is 244 g/mol. The van der Waals surface area contributed by atoms with Gasteiger partial charge in [0.15, 0.2) is 5.65 Å². The van der Waals surface area contributed by atoms with E-state index in [9.17, 15) is 0 Å². The van der Waals surface area contributed by atoms with Gasteiger partial charge in [0.2, 0.25) is 0 Å². The molecule has 0 atom stereocenters. The van der Waals surface area contributed by atoms with E-state index in [0.717, 1.165) is 43.4 Å². The first-order valence-corrected chi connectivity index (χ1v) is 6.86. The van der Waals surface area contributed by atoms with Gasteiger partial charge in [-0.2, -0.15) is 0 Å². The van der Waals surface area contributed by atoms with Crippen molar-refractivity contribution >= 4 is 11.2 Å². The highest BCUT2D eigenvalue weighted by molar-refractivity contribution is 5.71. The molecule has 2 heterocycles. The third-order valence-electron chi connectivity index (χ3n) is 3.99. The molecule has 4 nitrogen and oxygen atoms in total. The Kier molecular flexibility index (Phi) is 3.04. The van der Waals surface area contributed by atoms with Gasteiger partial charge in [-0.25, -0.2) is 9.97 Å². The number of imidazole rings is 1. The summed E-state index contributed by atoms with van der Waals surface area (Å²) in [7, 11) is 0. The first kappa shape index (κ1) is 11.7. The van der Waals surface area contributed by atoms with Crippen molar-refractivity contribution in [2.45, 2.75) is 51.1 Å². The third kappa shape index (κ3) is 1.90. The molecule has 96 valence electrons. The van der Waals surface area contributed by atoms with Crippen molar-refractivity contribution in [2.75, 3.05) is 0 Å². The van der Waals surface area contributed by atoms with Crippen LogP contribution in [0, 0.1) is 0 Å². The summed E-state index contributed by atoms with van der Waals surface area (Å²) >= 11 is 0. The summed E-state index contributed by atoms with van der Waals surface area (Å²) in [5, 5.41) is 0. The van der Waals surface area contributed by atoms with E-state index in [4.69, 9.17) is 10.7 Å². The minimum Gasteiger partial charge on any atom is -0.328 e. The van der Waals surface area contributed by atoms with E-state index in [-0.39, 0.29) is 0 Å². The van der Waals surface area contributed by atoms with Crippen molar-refractivity contribution in [1.29, 1.82) is 0 Å². The molecule has 0 amide bonds. The minimum atomic E-state index is 0.388. The van der Waals surface area contributed by atoms with Crippen LogP contribution in [0.25, 0.3) is 11.2 Å². The second-order valence-electron chi connectivity index (χ2n) is 5.17. The molecule has 1 fully saturated rings. The van der Waals surface area contributed by atoms with Gasteiger partial charge in [0, 0.05) is 24.7 Å². The lowest BCUT2D eigenvalue weighted by Gasteiger charge is -2.25. The number of hydrogen-bond acceptors (Lipinski definition) is 3. The predicted octanol–water partition coefficient (Wildman–Crippen LogP) is 2.44. The Morgan fingerprint density at radius 1 is 1.33 bits per heavy atom. The van der Waals surface area contributed by atoms with E-state index < -0.39 is 0 Å². The molecule has 0 bridgehead atoms. The van der Waals surface area contributed by atoms with Crippen molar-refractivity contribution < 1.29 is 0 Å². The molecule has 1 aliphatic rings. The Morgan fingerprint density at radius 2 is 2.11 bits per heavy atom. The Hall–Kier alpha value is -1.42. The summed E-state index contributed by atoms with van der Waals surface area (Å²) in [5.74, 6) is 1.76. The van der Waals surface area contributed by atoms with Gasteiger partial charge in [0.1, 0.15) is 11.3 Å². The summed E-state index contributed by atoms with van der Waals surface area (Å²) in [6.07, 6.45) is 6.39. The molecule has 1 saturated carbocycles. The molecule has 1 aliphatic carbocycles. The van der Waals surface area contributed by atoms with E-state index in [1.807, 2.05) is 18.3 Å². The lowest BCUT2D eigenvalue weighted by atomic mass is 9.86. The van der Waals surface area contributed by atoms with Crippen LogP contribution in [-0.2, 0) is 6.54 Å². The highest BCUT2D eigenvalue weighted by Gasteiger charge is 2.24. The van der Waals surface area contributed by atoms with E-state index in [2.05, 4.69) is 16.5 Å². The van der Waals surface area contributed by atoms with Crippen LogP contribution in [0.1, 0.15) is 44.3 Å². The van der Waals surface area contributed by atoms with Gasteiger partial charge in [-0.15, -0.1) is 0 Å². The quantitative estimate of drug-likeness (QED) is 0.882. The number of aryl methyl sites for hydroxylation is 1. The molecule has 4 heteroatoms. The first-order valence-electron chi connectivity index (χ1n) is 6.86. The van der Waals surface area contributed by atoms with Crippen LogP contribution in [0.15, 0.2) is 18.3 Å². The number of rotatable bonds is 2. The molecule has 0 saturated heterocycles. The molecule has 2 N–H and O–H groups in total. The standard InChI is InChI=1S/C14H20N4/c1-2-18-13(10-5-7-11(15)8-6-10)17-12-4-3-9-16-14(12)18/h3-4,9-11H,2,5-8,15H2,1H3. The third-order valence-corrected chi connectivity index (χ3v) is 3.99. The van der Waals surface area contributed by atoms with Crippen LogP contribution in [0.2, 0.25) is 0 Å². The summed E-state index contributed by atoms with van der Waals surface area (Å²) in [5.41, 5.74) is 8.02. The van der Waals surface area contributed by atoms with E-state index in [0.29, 0.717) is 12.0 Å². The summed E-state index contributed by atoms with van der Waals surface area (Å²) in [4.78, 5) is 9.25. The largest absolute Gasteiger partial charge is 0.328 e. The first-order chi connectivity index (χ1) is 8.79. The Labute approximate surface area is 107 Å². The Morgan fingerprint density at radius 3 is 2.83 bits per heavy atom. The molecule has 0 radical (unpaired) electrons. The van der Waals surface area contributed by atoms with E-state index in [1.54, 1.807) is 0 Å².